The summed E-state index contributed by atoms with van der Waals surface area (Å²) in [5, 5.41) is 6.25. The molecule has 7 heteroatoms. The van der Waals surface area contributed by atoms with Gasteiger partial charge in [-0.15, -0.1) is 11.6 Å². The Bertz CT molecular complexity index is 498. The summed E-state index contributed by atoms with van der Waals surface area (Å²) in [6.07, 6.45) is 0.636. The average Bonchev–Trinajstić information content (AvgIpc) is 2.80. The summed E-state index contributed by atoms with van der Waals surface area (Å²) in [6.45, 7) is 4.59. The quantitative estimate of drug-likeness (QED) is 0.666. The van der Waals surface area contributed by atoms with Crippen LogP contribution in [-0.2, 0) is 22.5 Å². The average molecular weight is 286 g/mol. The van der Waals surface area contributed by atoms with Gasteiger partial charge in [0.15, 0.2) is 5.69 Å². The van der Waals surface area contributed by atoms with Gasteiger partial charge in [-0.2, -0.15) is 5.10 Å². The Morgan fingerprint density at radius 3 is 2.95 bits per heavy atom. The number of amides is 1. The lowest BCUT2D eigenvalue weighted by Gasteiger charge is -2.27. The molecular formula is C12H16ClN3O3. The van der Waals surface area contributed by atoms with Crippen molar-refractivity contribution in [3.8, 4) is 0 Å². The van der Waals surface area contributed by atoms with Crippen LogP contribution in [0, 0.1) is 0 Å². The Hall–Kier alpha value is -1.56. The number of ether oxygens (including phenoxy) is 1. The molecule has 0 saturated heterocycles. The Morgan fingerprint density at radius 1 is 1.58 bits per heavy atom. The van der Waals surface area contributed by atoms with Gasteiger partial charge in [-0.1, -0.05) is 0 Å². The van der Waals surface area contributed by atoms with Crippen molar-refractivity contribution in [3.63, 3.8) is 0 Å². The van der Waals surface area contributed by atoms with Crippen LogP contribution in [-0.4, -0.2) is 45.5 Å². The molecule has 0 saturated carbocycles. The van der Waals surface area contributed by atoms with Crippen molar-refractivity contribution in [1.82, 2.24) is 15.1 Å². The first kappa shape index (κ1) is 13.9. The molecule has 0 bridgehead atoms. The standard InChI is InChI=1S/C12H16ClN3O3/c1-3-19-12(18)10-8-6-16(11(17)7(2)13)5-4-9(8)14-15-10/h7H,3-6H2,1-2H3,(H,14,15). The number of alkyl halides is 1. The number of halogens is 1. The first-order valence-corrected chi connectivity index (χ1v) is 6.64. The third kappa shape index (κ3) is 2.73. The summed E-state index contributed by atoms with van der Waals surface area (Å²) >= 11 is 5.81. The first-order chi connectivity index (χ1) is 9.04. The van der Waals surface area contributed by atoms with E-state index in [4.69, 9.17) is 16.3 Å². The molecule has 104 valence electrons. The first-order valence-electron chi connectivity index (χ1n) is 6.20. The Balaban J connectivity index is 2.21. The molecule has 1 aliphatic rings. The van der Waals surface area contributed by atoms with E-state index in [1.165, 1.54) is 0 Å². The molecule has 0 radical (unpaired) electrons. The summed E-state index contributed by atoms with van der Waals surface area (Å²) < 4.78 is 4.94. The van der Waals surface area contributed by atoms with Crippen LogP contribution in [0.1, 0.15) is 35.6 Å². The smallest absolute Gasteiger partial charge is 0.359 e. The highest BCUT2D eigenvalue weighted by Gasteiger charge is 2.29. The van der Waals surface area contributed by atoms with Crippen molar-refractivity contribution in [3.05, 3.63) is 17.0 Å². The highest BCUT2D eigenvalue weighted by molar-refractivity contribution is 6.30. The molecule has 0 aromatic carbocycles. The van der Waals surface area contributed by atoms with E-state index in [0.29, 0.717) is 26.1 Å². The third-order valence-electron chi connectivity index (χ3n) is 3.05. The topological polar surface area (TPSA) is 75.3 Å². The Labute approximate surface area is 116 Å². The van der Waals surface area contributed by atoms with E-state index in [2.05, 4.69) is 10.2 Å². The van der Waals surface area contributed by atoms with Crippen molar-refractivity contribution in [2.45, 2.75) is 32.2 Å². The second-order valence-corrected chi connectivity index (χ2v) is 5.03. The van der Waals surface area contributed by atoms with E-state index in [1.807, 2.05) is 0 Å². The summed E-state index contributed by atoms with van der Waals surface area (Å²) in [4.78, 5) is 25.3. The number of aromatic nitrogens is 2. The summed E-state index contributed by atoms with van der Waals surface area (Å²) in [5.74, 6) is -0.600. The minimum Gasteiger partial charge on any atom is -0.461 e. The number of nitrogens with zero attached hydrogens (tertiary/aromatic N) is 2. The summed E-state index contributed by atoms with van der Waals surface area (Å²) in [6, 6.07) is 0. The van der Waals surface area contributed by atoms with Crippen molar-refractivity contribution in [1.29, 1.82) is 0 Å². The molecule has 1 aliphatic heterocycles. The number of carbonyl (C=O) groups is 2. The molecule has 1 aromatic rings. The van der Waals surface area contributed by atoms with E-state index >= 15 is 0 Å². The fraction of sp³-hybridized carbons (Fsp3) is 0.583. The van der Waals surface area contributed by atoms with Gasteiger partial charge in [-0.25, -0.2) is 4.79 Å². The SMILES string of the molecule is CCOC(=O)c1n[nH]c2c1CN(C(=O)C(C)Cl)CC2. The Morgan fingerprint density at radius 2 is 2.32 bits per heavy atom. The third-order valence-corrected chi connectivity index (χ3v) is 3.24. The van der Waals surface area contributed by atoms with Crippen LogP contribution < -0.4 is 0 Å². The lowest BCUT2D eigenvalue weighted by atomic mass is 10.0. The number of hydrogen-bond acceptors (Lipinski definition) is 4. The number of esters is 1. The monoisotopic (exact) mass is 285 g/mol. The van der Waals surface area contributed by atoms with E-state index in [-0.39, 0.29) is 11.6 Å². The van der Waals surface area contributed by atoms with E-state index in [9.17, 15) is 9.59 Å². The molecule has 0 aliphatic carbocycles. The van der Waals surface area contributed by atoms with Crippen LogP contribution in [0.15, 0.2) is 0 Å². The summed E-state index contributed by atoms with van der Waals surface area (Å²) in [7, 11) is 0. The van der Waals surface area contributed by atoms with Crippen molar-refractivity contribution in [2.24, 2.45) is 0 Å². The number of aromatic amines is 1. The Kier molecular flexibility index (Phi) is 4.09. The van der Waals surface area contributed by atoms with Crippen LogP contribution in [0.5, 0.6) is 0 Å². The van der Waals surface area contributed by atoms with Crippen LogP contribution in [0.25, 0.3) is 0 Å². The van der Waals surface area contributed by atoms with Gasteiger partial charge in [0.1, 0.15) is 5.38 Å². The second kappa shape index (κ2) is 5.61. The van der Waals surface area contributed by atoms with Crippen molar-refractivity contribution in [2.75, 3.05) is 13.2 Å². The molecule has 2 heterocycles. The molecule has 2 rings (SSSR count). The molecule has 1 atom stereocenters. The number of fused-ring (bicyclic) bond motifs is 1. The fourth-order valence-electron chi connectivity index (χ4n) is 2.10. The van der Waals surface area contributed by atoms with E-state index in [0.717, 1.165) is 11.3 Å². The molecule has 1 unspecified atom stereocenters. The zero-order chi connectivity index (χ0) is 14.0. The lowest BCUT2D eigenvalue weighted by molar-refractivity contribution is -0.131. The van der Waals surface area contributed by atoms with Crippen LogP contribution in [0.3, 0.4) is 0 Å². The van der Waals surface area contributed by atoms with Gasteiger partial charge in [0.05, 0.1) is 6.61 Å². The molecule has 6 nitrogen and oxygen atoms in total. The van der Waals surface area contributed by atoms with Gasteiger partial charge in [0.2, 0.25) is 5.91 Å². The molecule has 19 heavy (non-hydrogen) atoms. The van der Waals surface area contributed by atoms with Gasteiger partial charge in [-0.05, 0) is 13.8 Å². The van der Waals surface area contributed by atoms with Crippen LogP contribution in [0.2, 0.25) is 0 Å². The van der Waals surface area contributed by atoms with Crippen LogP contribution in [0.4, 0.5) is 0 Å². The number of hydrogen-bond donors (Lipinski definition) is 1. The van der Waals surface area contributed by atoms with Gasteiger partial charge >= 0.3 is 5.97 Å². The minimum atomic E-state index is -0.570. The molecule has 1 aromatic heterocycles. The van der Waals surface area contributed by atoms with E-state index < -0.39 is 11.3 Å². The number of rotatable bonds is 3. The predicted molar refractivity (Wildman–Crippen MR) is 69.0 cm³/mol. The number of H-pyrrole nitrogens is 1. The summed E-state index contributed by atoms with van der Waals surface area (Å²) in [5.41, 5.74) is 1.88. The highest BCUT2D eigenvalue weighted by atomic mass is 35.5. The maximum absolute atomic E-state index is 11.9. The van der Waals surface area contributed by atoms with Gasteiger partial charge in [0.25, 0.3) is 0 Å². The predicted octanol–water partition coefficient (Wildman–Crippen LogP) is 1.10. The molecule has 0 fully saturated rings. The zero-order valence-electron chi connectivity index (χ0n) is 10.9. The fourth-order valence-corrected chi connectivity index (χ4v) is 2.24. The van der Waals surface area contributed by atoms with Crippen molar-refractivity contribution >= 4 is 23.5 Å². The zero-order valence-corrected chi connectivity index (χ0v) is 11.7. The van der Waals surface area contributed by atoms with Gasteiger partial charge in [0, 0.05) is 30.8 Å². The minimum absolute atomic E-state index is 0.136. The second-order valence-electron chi connectivity index (χ2n) is 4.38. The molecule has 0 spiro atoms. The van der Waals surface area contributed by atoms with Crippen LogP contribution >= 0.6 is 11.6 Å². The molecular weight excluding hydrogens is 270 g/mol. The normalized spacial score (nSPS) is 15.8. The van der Waals surface area contributed by atoms with Crippen molar-refractivity contribution < 1.29 is 14.3 Å². The van der Waals surface area contributed by atoms with Gasteiger partial charge in [-0.3, -0.25) is 9.89 Å². The highest BCUT2D eigenvalue weighted by Crippen LogP contribution is 2.22. The lowest BCUT2D eigenvalue weighted by Crippen LogP contribution is -2.39. The largest absolute Gasteiger partial charge is 0.461 e. The maximum Gasteiger partial charge on any atom is 0.359 e. The number of nitrogens with one attached hydrogen (secondary N) is 1. The maximum atomic E-state index is 11.9. The molecule has 1 amide bonds. The van der Waals surface area contributed by atoms with Gasteiger partial charge < -0.3 is 9.64 Å². The molecule has 1 N–H and O–H groups in total. The van der Waals surface area contributed by atoms with E-state index in [1.54, 1.807) is 18.7 Å². The number of carbonyl (C=O) groups excluding carboxylic acids is 2.